The fourth-order valence-corrected chi connectivity index (χ4v) is 4.10. The van der Waals surface area contributed by atoms with Gasteiger partial charge in [-0.3, -0.25) is 4.79 Å². The minimum absolute atomic E-state index is 0.00217. The molecule has 4 nitrogen and oxygen atoms in total. The number of amides is 1. The third-order valence-electron chi connectivity index (χ3n) is 5.80. The molecule has 1 aliphatic rings. The summed E-state index contributed by atoms with van der Waals surface area (Å²) in [6.07, 6.45) is 9.10. The minimum atomic E-state index is -0.704. The van der Waals surface area contributed by atoms with Crippen LogP contribution in [0.25, 0.3) is 10.8 Å². The van der Waals surface area contributed by atoms with Crippen LogP contribution in [-0.4, -0.2) is 24.7 Å². The Morgan fingerprint density at radius 2 is 1.66 bits per heavy atom. The van der Waals surface area contributed by atoms with Gasteiger partial charge in [0.1, 0.15) is 11.4 Å². The topological polar surface area (TPSA) is 47.6 Å². The van der Waals surface area contributed by atoms with Crippen LogP contribution >= 0.6 is 0 Å². The summed E-state index contributed by atoms with van der Waals surface area (Å²) >= 11 is 0. The summed E-state index contributed by atoms with van der Waals surface area (Å²) in [5, 5.41) is 5.25. The summed E-state index contributed by atoms with van der Waals surface area (Å²) in [5.74, 6) is 0.871. The van der Waals surface area contributed by atoms with E-state index < -0.39 is 5.60 Å². The van der Waals surface area contributed by atoms with Crippen molar-refractivity contribution in [2.24, 2.45) is 0 Å². The highest BCUT2D eigenvalue weighted by molar-refractivity contribution is 6.06. The number of carbonyl (C=O) groups is 1. The van der Waals surface area contributed by atoms with Crippen molar-refractivity contribution in [3.05, 3.63) is 36.4 Å². The number of anilines is 1. The lowest BCUT2D eigenvalue weighted by molar-refractivity contribution is -0.143. The molecule has 1 aliphatic carbocycles. The van der Waals surface area contributed by atoms with Gasteiger partial charge in [0, 0.05) is 23.1 Å². The second-order valence-electron chi connectivity index (χ2n) is 8.07. The summed E-state index contributed by atoms with van der Waals surface area (Å²) in [5.41, 5.74) is 0.126. The molecule has 0 aromatic heterocycles. The average molecular weight is 398 g/mol. The molecule has 158 valence electrons. The van der Waals surface area contributed by atoms with Crippen molar-refractivity contribution in [2.45, 2.75) is 77.2 Å². The molecule has 2 aromatic carbocycles. The Bertz CT molecular complexity index is 794. The average Bonchev–Trinajstić information content (AvgIpc) is 3.00. The van der Waals surface area contributed by atoms with Crippen molar-refractivity contribution in [2.75, 3.05) is 18.5 Å². The number of carbonyl (C=O) groups excluding carboxylic acids is 1. The fraction of sp³-hybridized carbons (Fsp3) is 0.560. The van der Waals surface area contributed by atoms with Crippen molar-refractivity contribution < 1.29 is 14.3 Å². The van der Waals surface area contributed by atoms with E-state index in [1.165, 1.54) is 12.8 Å². The zero-order valence-electron chi connectivity index (χ0n) is 18.0. The quantitative estimate of drug-likeness (QED) is 0.389. The van der Waals surface area contributed by atoms with Crippen molar-refractivity contribution in [3.63, 3.8) is 0 Å². The fourth-order valence-electron chi connectivity index (χ4n) is 4.10. The molecule has 0 aliphatic heterocycles. The zero-order valence-corrected chi connectivity index (χ0v) is 18.0. The van der Waals surface area contributed by atoms with Gasteiger partial charge in [0.15, 0.2) is 0 Å². The molecule has 1 saturated carbocycles. The Labute approximate surface area is 175 Å². The Hall–Kier alpha value is -2.07. The predicted octanol–water partition coefficient (Wildman–Crippen LogP) is 6.48. The molecule has 1 fully saturated rings. The molecule has 29 heavy (non-hydrogen) atoms. The molecule has 0 bridgehead atoms. The first-order valence-corrected chi connectivity index (χ1v) is 11.3. The summed E-state index contributed by atoms with van der Waals surface area (Å²) < 4.78 is 12.2. The lowest BCUT2D eigenvalue weighted by Gasteiger charge is -2.31. The standard InChI is InChI=1S/C25H35NO3/c1-3-5-19-28-23-15-14-22(20-12-8-9-13-21(20)23)26-24(27)25(29-18-4-2)16-10-6-7-11-17-25/h8-9,12-15H,3-7,10-11,16-19H2,1-2H3,(H,26,27). The highest BCUT2D eigenvalue weighted by Crippen LogP contribution is 2.35. The SMILES string of the molecule is CCCCOc1ccc(NC(=O)C2(OCCC)CCCCCC2)c2ccccc12. The van der Waals surface area contributed by atoms with Gasteiger partial charge in [-0.05, 0) is 37.8 Å². The summed E-state index contributed by atoms with van der Waals surface area (Å²) in [4.78, 5) is 13.4. The smallest absolute Gasteiger partial charge is 0.256 e. The highest BCUT2D eigenvalue weighted by atomic mass is 16.5. The summed E-state index contributed by atoms with van der Waals surface area (Å²) in [6, 6.07) is 12.1. The number of nitrogens with one attached hydrogen (secondary N) is 1. The van der Waals surface area contributed by atoms with Gasteiger partial charge in [-0.15, -0.1) is 0 Å². The first kappa shape index (κ1) is 21.6. The molecule has 0 spiro atoms. The summed E-state index contributed by atoms with van der Waals surface area (Å²) in [6.45, 7) is 5.58. The molecular weight excluding hydrogens is 362 g/mol. The molecule has 0 atom stereocenters. The largest absolute Gasteiger partial charge is 0.493 e. The van der Waals surface area contributed by atoms with Crippen molar-refractivity contribution in [3.8, 4) is 5.75 Å². The highest BCUT2D eigenvalue weighted by Gasteiger charge is 2.39. The molecule has 4 heteroatoms. The van der Waals surface area contributed by atoms with Crippen LogP contribution in [0.2, 0.25) is 0 Å². The Morgan fingerprint density at radius 3 is 2.34 bits per heavy atom. The molecular formula is C25H35NO3. The van der Waals surface area contributed by atoms with E-state index in [1.54, 1.807) is 0 Å². The van der Waals surface area contributed by atoms with Gasteiger partial charge >= 0.3 is 0 Å². The van der Waals surface area contributed by atoms with Crippen molar-refractivity contribution in [1.29, 1.82) is 0 Å². The van der Waals surface area contributed by atoms with E-state index in [1.807, 2.05) is 30.3 Å². The maximum atomic E-state index is 13.4. The monoisotopic (exact) mass is 397 g/mol. The van der Waals surface area contributed by atoms with Crippen LogP contribution in [0.3, 0.4) is 0 Å². The molecule has 1 N–H and O–H groups in total. The number of hydrogen-bond donors (Lipinski definition) is 1. The van der Waals surface area contributed by atoms with E-state index in [-0.39, 0.29) is 5.91 Å². The van der Waals surface area contributed by atoms with Crippen LogP contribution in [0.1, 0.15) is 71.6 Å². The molecule has 0 unspecified atom stereocenters. The molecule has 1 amide bonds. The number of ether oxygens (including phenoxy) is 2. The van der Waals surface area contributed by atoms with Gasteiger partial charge < -0.3 is 14.8 Å². The number of hydrogen-bond acceptors (Lipinski definition) is 3. The zero-order chi connectivity index (χ0) is 20.5. The molecule has 0 heterocycles. The van der Waals surface area contributed by atoms with Gasteiger partial charge in [0.25, 0.3) is 5.91 Å². The molecule has 2 aromatic rings. The van der Waals surface area contributed by atoms with Crippen LogP contribution in [0, 0.1) is 0 Å². The van der Waals surface area contributed by atoms with Crippen LogP contribution in [-0.2, 0) is 9.53 Å². The van der Waals surface area contributed by atoms with E-state index >= 15 is 0 Å². The maximum Gasteiger partial charge on any atom is 0.256 e. The lowest BCUT2D eigenvalue weighted by Crippen LogP contribution is -2.45. The van der Waals surface area contributed by atoms with E-state index in [0.29, 0.717) is 13.2 Å². The number of unbranched alkanes of at least 4 members (excludes halogenated alkanes) is 1. The molecule has 3 rings (SSSR count). The molecule has 0 saturated heterocycles. The van der Waals surface area contributed by atoms with Gasteiger partial charge in [-0.25, -0.2) is 0 Å². The van der Waals surface area contributed by atoms with Crippen LogP contribution in [0.15, 0.2) is 36.4 Å². The first-order chi connectivity index (χ1) is 14.2. The second-order valence-corrected chi connectivity index (χ2v) is 8.07. The van der Waals surface area contributed by atoms with Crippen molar-refractivity contribution >= 4 is 22.4 Å². The minimum Gasteiger partial charge on any atom is -0.493 e. The first-order valence-electron chi connectivity index (χ1n) is 11.3. The Kier molecular flexibility index (Phi) is 7.93. The number of benzene rings is 2. The summed E-state index contributed by atoms with van der Waals surface area (Å²) in [7, 11) is 0. The van der Waals surface area contributed by atoms with E-state index in [4.69, 9.17) is 9.47 Å². The van der Waals surface area contributed by atoms with Crippen LogP contribution in [0.4, 0.5) is 5.69 Å². The van der Waals surface area contributed by atoms with E-state index in [0.717, 1.165) is 67.2 Å². The van der Waals surface area contributed by atoms with Crippen molar-refractivity contribution in [1.82, 2.24) is 0 Å². The third kappa shape index (κ3) is 5.30. The second kappa shape index (κ2) is 10.6. The van der Waals surface area contributed by atoms with Crippen LogP contribution in [0.5, 0.6) is 5.75 Å². The van der Waals surface area contributed by atoms with Gasteiger partial charge in [0.05, 0.1) is 6.61 Å². The van der Waals surface area contributed by atoms with Gasteiger partial charge in [0.2, 0.25) is 0 Å². The molecule has 0 radical (unpaired) electrons. The number of rotatable bonds is 9. The predicted molar refractivity (Wildman–Crippen MR) is 120 cm³/mol. The van der Waals surface area contributed by atoms with E-state index in [2.05, 4.69) is 25.2 Å². The van der Waals surface area contributed by atoms with Crippen LogP contribution < -0.4 is 10.1 Å². The Morgan fingerprint density at radius 1 is 0.931 bits per heavy atom. The van der Waals surface area contributed by atoms with Gasteiger partial charge in [-0.1, -0.05) is 70.2 Å². The number of fused-ring (bicyclic) bond motifs is 1. The van der Waals surface area contributed by atoms with E-state index in [9.17, 15) is 4.79 Å². The normalized spacial score (nSPS) is 16.3. The Balaban J connectivity index is 1.86. The maximum absolute atomic E-state index is 13.4. The third-order valence-corrected chi connectivity index (χ3v) is 5.80. The van der Waals surface area contributed by atoms with Gasteiger partial charge in [-0.2, -0.15) is 0 Å². The lowest BCUT2D eigenvalue weighted by atomic mass is 9.92.